The molecule has 4 nitrogen and oxygen atoms in total. The van der Waals surface area contributed by atoms with Gasteiger partial charge in [-0.3, -0.25) is 4.31 Å². The minimum absolute atomic E-state index is 0.262. The summed E-state index contributed by atoms with van der Waals surface area (Å²) in [5, 5.41) is 0. The van der Waals surface area contributed by atoms with Gasteiger partial charge in [-0.05, 0) is 42.7 Å². The molecule has 2 heterocycles. The Morgan fingerprint density at radius 2 is 2.14 bits per heavy atom. The van der Waals surface area contributed by atoms with Crippen LogP contribution in [0.2, 0.25) is 0 Å². The Morgan fingerprint density at radius 1 is 1.38 bits per heavy atom. The van der Waals surface area contributed by atoms with Gasteiger partial charge in [0.25, 0.3) is 10.0 Å². The highest BCUT2D eigenvalue weighted by Gasteiger charge is 2.32. The van der Waals surface area contributed by atoms with Crippen LogP contribution in [0.5, 0.6) is 0 Å². The van der Waals surface area contributed by atoms with Crippen molar-refractivity contribution < 1.29 is 12.8 Å². The molecule has 1 aliphatic rings. The number of sulfonamides is 1. The van der Waals surface area contributed by atoms with Crippen LogP contribution in [0.15, 0.2) is 28.5 Å². The first kappa shape index (κ1) is 14.5. The van der Waals surface area contributed by atoms with Crippen molar-refractivity contribution >= 4 is 27.0 Å². The second kappa shape index (κ2) is 5.08. The van der Waals surface area contributed by atoms with Gasteiger partial charge in [-0.25, -0.2) is 12.8 Å². The molecule has 1 aromatic carbocycles. The third-order valence-electron chi connectivity index (χ3n) is 3.63. The summed E-state index contributed by atoms with van der Waals surface area (Å²) in [4.78, 5) is 0.854. The molecule has 3 rings (SSSR count). The van der Waals surface area contributed by atoms with E-state index in [0.717, 1.165) is 16.0 Å². The van der Waals surface area contributed by atoms with E-state index in [9.17, 15) is 12.8 Å². The minimum Gasteiger partial charge on any atom is -0.326 e. The zero-order chi connectivity index (χ0) is 15.2. The fourth-order valence-corrected chi connectivity index (χ4v) is 5.58. The molecule has 0 saturated heterocycles. The number of anilines is 1. The van der Waals surface area contributed by atoms with E-state index in [1.165, 1.54) is 27.8 Å². The zero-order valence-electron chi connectivity index (χ0n) is 11.5. The molecule has 0 unspecified atom stereocenters. The number of benzene rings is 1. The highest BCUT2D eigenvalue weighted by Crippen LogP contribution is 2.36. The second-order valence-corrected chi connectivity index (χ2v) is 8.20. The van der Waals surface area contributed by atoms with Crippen LogP contribution in [0.25, 0.3) is 0 Å². The Kier molecular flexibility index (Phi) is 3.51. The first-order valence-corrected chi connectivity index (χ1v) is 8.79. The van der Waals surface area contributed by atoms with Gasteiger partial charge in [0.2, 0.25) is 0 Å². The van der Waals surface area contributed by atoms with E-state index in [1.807, 2.05) is 6.92 Å². The first-order valence-electron chi connectivity index (χ1n) is 6.54. The summed E-state index contributed by atoms with van der Waals surface area (Å²) < 4.78 is 40.5. The molecule has 21 heavy (non-hydrogen) atoms. The van der Waals surface area contributed by atoms with Crippen molar-refractivity contribution in [1.82, 2.24) is 0 Å². The van der Waals surface area contributed by atoms with Crippen LogP contribution in [0, 0.1) is 12.7 Å². The minimum atomic E-state index is -3.65. The molecule has 2 N–H and O–H groups in total. The number of hydrogen-bond acceptors (Lipinski definition) is 4. The topological polar surface area (TPSA) is 63.4 Å². The van der Waals surface area contributed by atoms with Crippen LogP contribution in [0.1, 0.15) is 16.0 Å². The second-order valence-electron chi connectivity index (χ2n) is 4.98. The van der Waals surface area contributed by atoms with Crippen molar-refractivity contribution in [2.45, 2.75) is 24.1 Å². The number of aryl methyl sites for hydroxylation is 1. The van der Waals surface area contributed by atoms with Crippen LogP contribution in [-0.2, 0) is 23.0 Å². The van der Waals surface area contributed by atoms with Crippen molar-refractivity contribution in [2.24, 2.45) is 5.73 Å². The fraction of sp³-hybridized carbons (Fsp3) is 0.286. The highest BCUT2D eigenvalue weighted by atomic mass is 32.2. The van der Waals surface area contributed by atoms with Gasteiger partial charge in [0, 0.05) is 18.0 Å². The van der Waals surface area contributed by atoms with Gasteiger partial charge in [0.1, 0.15) is 10.0 Å². The molecule has 0 aliphatic carbocycles. The Labute approximate surface area is 127 Å². The van der Waals surface area contributed by atoms with Crippen molar-refractivity contribution in [2.75, 3.05) is 10.8 Å². The van der Waals surface area contributed by atoms with Gasteiger partial charge >= 0.3 is 0 Å². The molecule has 0 saturated carbocycles. The molecule has 112 valence electrons. The van der Waals surface area contributed by atoms with E-state index in [0.29, 0.717) is 25.2 Å². The smallest absolute Gasteiger partial charge is 0.273 e. The maximum absolute atomic E-state index is 13.4. The van der Waals surface area contributed by atoms with Gasteiger partial charge in [-0.1, -0.05) is 6.07 Å². The normalized spacial score (nSPS) is 14.5. The summed E-state index contributed by atoms with van der Waals surface area (Å²) in [6, 6.07) is 5.92. The lowest BCUT2D eigenvalue weighted by molar-refractivity contribution is 0.594. The monoisotopic (exact) mass is 326 g/mol. The maximum Gasteiger partial charge on any atom is 0.273 e. The molecule has 0 radical (unpaired) electrons. The summed E-state index contributed by atoms with van der Waals surface area (Å²) in [6.07, 6.45) is 0.600. The molecule has 0 spiro atoms. The van der Waals surface area contributed by atoms with Crippen molar-refractivity contribution in [3.8, 4) is 0 Å². The van der Waals surface area contributed by atoms with Crippen molar-refractivity contribution in [3.05, 3.63) is 46.1 Å². The Morgan fingerprint density at radius 3 is 2.81 bits per heavy atom. The zero-order valence-corrected chi connectivity index (χ0v) is 13.1. The molecule has 0 amide bonds. The summed E-state index contributed by atoms with van der Waals surface area (Å²) >= 11 is 1.18. The largest absolute Gasteiger partial charge is 0.326 e. The van der Waals surface area contributed by atoms with Gasteiger partial charge in [0.05, 0.1) is 5.69 Å². The van der Waals surface area contributed by atoms with E-state index >= 15 is 0 Å². The van der Waals surface area contributed by atoms with Crippen molar-refractivity contribution in [3.63, 3.8) is 0 Å². The lowest BCUT2D eigenvalue weighted by Crippen LogP contribution is -2.28. The highest BCUT2D eigenvalue weighted by molar-refractivity contribution is 7.94. The molecule has 0 atom stereocenters. The fourth-order valence-electron chi connectivity index (χ4n) is 2.50. The molecule has 0 bridgehead atoms. The third kappa shape index (κ3) is 2.35. The van der Waals surface area contributed by atoms with Gasteiger partial charge < -0.3 is 5.73 Å². The van der Waals surface area contributed by atoms with Gasteiger partial charge in [-0.2, -0.15) is 0 Å². The summed E-state index contributed by atoms with van der Waals surface area (Å²) in [5.74, 6) is -0.430. The average Bonchev–Trinajstić information content (AvgIpc) is 3.02. The van der Waals surface area contributed by atoms with Crippen LogP contribution >= 0.6 is 11.3 Å². The molecule has 1 aliphatic heterocycles. The van der Waals surface area contributed by atoms with E-state index in [4.69, 9.17) is 5.73 Å². The SMILES string of the molecule is Cc1cc(S(=O)(=O)N2CCc3ccc(F)cc32)sc1CN. The predicted octanol–water partition coefficient (Wildman–Crippen LogP) is 2.41. The molecule has 0 fully saturated rings. The van der Waals surface area contributed by atoms with E-state index < -0.39 is 15.8 Å². The number of rotatable bonds is 3. The molecular formula is C14H15FN2O2S2. The first-order chi connectivity index (χ1) is 9.93. The summed E-state index contributed by atoms with van der Waals surface area (Å²) in [7, 11) is -3.65. The Balaban J connectivity index is 2.06. The van der Waals surface area contributed by atoms with Gasteiger partial charge in [-0.15, -0.1) is 11.3 Å². The molecule has 7 heteroatoms. The lowest BCUT2D eigenvalue weighted by Gasteiger charge is -2.18. The van der Waals surface area contributed by atoms with E-state index in [1.54, 1.807) is 12.1 Å². The van der Waals surface area contributed by atoms with Crippen molar-refractivity contribution in [1.29, 1.82) is 0 Å². The number of hydrogen-bond donors (Lipinski definition) is 1. The summed E-state index contributed by atoms with van der Waals surface area (Å²) in [6.45, 7) is 2.50. The Bertz CT molecular complexity index is 799. The quantitative estimate of drug-likeness (QED) is 0.942. The van der Waals surface area contributed by atoms with Crippen LogP contribution < -0.4 is 10.0 Å². The number of thiophene rings is 1. The number of halogens is 1. The lowest BCUT2D eigenvalue weighted by atomic mass is 10.2. The van der Waals surface area contributed by atoms with Gasteiger partial charge in [0.15, 0.2) is 0 Å². The third-order valence-corrected chi connectivity index (χ3v) is 7.15. The van der Waals surface area contributed by atoms with Crippen LogP contribution in [0.4, 0.5) is 10.1 Å². The molecular weight excluding hydrogens is 311 g/mol. The number of nitrogens with two attached hydrogens (primary N) is 1. The average molecular weight is 326 g/mol. The van der Waals surface area contributed by atoms with E-state index in [-0.39, 0.29) is 4.21 Å². The summed E-state index contributed by atoms with van der Waals surface area (Å²) in [5.41, 5.74) is 7.78. The van der Waals surface area contributed by atoms with Crippen LogP contribution in [-0.4, -0.2) is 15.0 Å². The van der Waals surface area contributed by atoms with E-state index in [2.05, 4.69) is 0 Å². The number of fused-ring (bicyclic) bond motifs is 1. The standard InChI is InChI=1S/C14H15FN2O2S2/c1-9-6-14(20-13(9)8-16)21(18,19)17-5-4-10-2-3-11(15)7-12(10)17/h2-3,6-7H,4-5,8,16H2,1H3. The predicted molar refractivity (Wildman–Crippen MR) is 81.6 cm³/mol. The molecule has 2 aromatic rings. The molecule has 1 aromatic heterocycles. The Hall–Kier alpha value is -1.44. The maximum atomic E-state index is 13.4. The van der Waals surface area contributed by atoms with Crippen LogP contribution in [0.3, 0.4) is 0 Å². The number of nitrogens with zero attached hydrogens (tertiary/aromatic N) is 1.